The van der Waals surface area contributed by atoms with Gasteiger partial charge in [0.15, 0.2) is 9.84 Å². The van der Waals surface area contributed by atoms with E-state index in [9.17, 15) is 13.2 Å². The summed E-state index contributed by atoms with van der Waals surface area (Å²) in [4.78, 5) is 13.6. The van der Waals surface area contributed by atoms with E-state index in [4.69, 9.17) is 11.6 Å². The number of nitrogens with zero attached hydrogens (tertiary/aromatic N) is 1. The maximum absolute atomic E-state index is 12.1. The highest BCUT2D eigenvalue weighted by Crippen LogP contribution is 2.25. The zero-order valence-corrected chi connectivity index (χ0v) is 12.0. The molecule has 1 aliphatic rings. The van der Waals surface area contributed by atoms with E-state index >= 15 is 0 Å². The number of anilines is 1. The van der Waals surface area contributed by atoms with E-state index < -0.39 is 15.9 Å². The minimum absolute atomic E-state index is 0.0681. The van der Waals surface area contributed by atoms with Gasteiger partial charge in [0, 0.05) is 22.5 Å². The fourth-order valence-electron chi connectivity index (χ4n) is 2.01. The quantitative estimate of drug-likeness (QED) is 0.861. The van der Waals surface area contributed by atoms with Crippen LogP contribution in [0.2, 0.25) is 5.02 Å². The molecule has 1 atom stereocenters. The van der Waals surface area contributed by atoms with Crippen molar-refractivity contribution in [3.8, 4) is 0 Å². The second-order valence-electron chi connectivity index (χ2n) is 4.32. The maximum atomic E-state index is 12.1. The molecule has 1 unspecified atom stereocenters. The highest BCUT2D eigenvalue weighted by atomic mass is 35.5. The van der Waals surface area contributed by atoms with E-state index in [0.717, 1.165) is 0 Å². The zero-order valence-electron chi connectivity index (χ0n) is 10.4. The number of sulfone groups is 1. The number of hydrogen-bond donors (Lipinski definition) is 0. The molecule has 0 N–H and O–H groups in total. The summed E-state index contributed by atoms with van der Waals surface area (Å²) in [6, 6.07) is 6.35. The van der Waals surface area contributed by atoms with Crippen molar-refractivity contribution in [2.24, 2.45) is 0 Å². The lowest BCUT2D eigenvalue weighted by atomic mass is 10.2. The van der Waals surface area contributed by atoms with E-state index in [1.54, 1.807) is 37.3 Å². The van der Waals surface area contributed by atoms with Crippen molar-refractivity contribution in [3.63, 3.8) is 0 Å². The van der Waals surface area contributed by atoms with Gasteiger partial charge >= 0.3 is 0 Å². The molecule has 102 valence electrons. The molecule has 0 spiro atoms. The summed E-state index contributed by atoms with van der Waals surface area (Å²) in [5.41, 5.74) is 0.656. The van der Waals surface area contributed by atoms with E-state index in [-0.39, 0.29) is 11.7 Å². The Morgan fingerprint density at radius 1 is 1.37 bits per heavy atom. The molecule has 19 heavy (non-hydrogen) atoms. The first-order chi connectivity index (χ1) is 8.93. The molecule has 0 aliphatic carbocycles. The number of amides is 1. The summed E-state index contributed by atoms with van der Waals surface area (Å²) in [7, 11) is -3.20. The molecular formula is C13H14ClNO3S. The van der Waals surface area contributed by atoms with Crippen molar-refractivity contribution in [1.29, 1.82) is 0 Å². The molecule has 1 aromatic rings. The van der Waals surface area contributed by atoms with Crippen molar-refractivity contribution in [3.05, 3.63) is 40.8 Å². The lowest BCUT2D eigenvalue weighted by molar-refractivity contribution is -0.118. The fraction of sp³-hybridized carbons (Fsp3) is 0.308. The van der Waals surface area contributed by atoms with Gasteiger partial charge in [0.25, 0.3) is 0 Å². The van der Waals surface area contributed by atoms with Crippen molar-refractivity contribution in [1.82, 2.24) is 0 Å². The molecule has 0 saturated heterocycles. The SMILES string of the molecule is CCC(=O)N(c1ccc(Cl)cc1)C1C=CS(=O)(=O)C1. The van der Waals surface area contributed by atoms with Crippen LogP contribution < -0.4 is 4.90 Å². The van der Waals surface area contributed by atoms with Gasteiger partial charge in [-0.2, -0.15) is 0 Å². The highest BCUT2D eigenvalue weighted by Gasteiger charge is 2.30. The van der Waals surface area contributed by atoms with Crippen LogP contribution >= 0.6 is 11.6 Å². The maximum Gasteiger partial charge on any atom is 0.227 e. The molecule has 4 nitrogen and oxygen atoms in total. The van der Waals surface area contributed by atoms with Crippen molar-refractivity contribution in [2.45, 2.75) is 19.4 Å². The summed E-state index contributed by atoms with van der Waals surface area (Å²) >= 11 is 5.82. The normalized spacial score (nSPS) is 20.4. The average Bonchev–Trinajstić information content (AvgIpc) is 2.72. The number of rotatable bonds is 3. The van der Waals surface area contributed by atoms with Crippen LogP contribution in [-0.2, 0) is 14.6 Å². The minimum Gasteiger partial charge on any atom is -0.304 e. The summed E-state index contributed by atoms with van der Waals surface area (Å²) in [6.45, 7) is 1.75. The third kappa shape index (κ3) is 3.16. The third-order valence-corrected chi connectivity index (χ3v) is 4.55. The first-order valence-electron chi connectivity index (χ1n) is 5.91. The number of carbonyl (C=O) groups is 1. The summed E-state index contributed by atoms with van der Waals surface area (Å²) in [5.74, 6) is -0.185. The largest absolute Gasteiger partial charge is 0.304 e. The van der Waals surface area contributed by atoms with Crippen LogP contribution in [-0.4, -0.2) is 26.1 Å². The zero-order chi connectivity index (χ0) is 14.0. The van der Waals surface area contributed by atoms with Crippen LogP contribution in [0.1, 0.15) is 13.3 Å². The van der Waals surface area contributed by atoms with E-state index in [2.05, 4.69) is 0 Å². The van der Waals surface area contributed by atoms with Gasteiger partial charge in [-0.05, 0) is 30.3 Å². The Hall–Kier alpha value is -1.33. The smallest absolute Gasteiger partial charge is 0.227 e. The fourth-order valence-corrected chi connectivity index (χ4v) is 3.41. The van der Waals surface area contributed by atoms with Crippen LogP contribution in [0.5, 0.6) is 0 Å². The molecule has 1 aliphatic heterocycles. The Labute approximate surface area is 117 Å². The predicted molar refractivity (Wildman–Crippen MR) is 75.9 cm³/mol. The lowest BCUT2D eigenvalue weighted by Crippen LogP contribution is -2.40. The second kappa shape index (κ2) is 5.35. The standard InChI is InChI=1S/C13H14ClNO3S/c1-2-13(16)15(11-5-3-10(14)4-6-11)12-7-8-19(17,18)9-12/h3-8,12H,2,9H2,1H3. The third-order valence-electron chi connectivity index (χ3n) is 2.92. The molecule has 0 bridgehead atoms. The van der Waals surface area contributed by atoms with Gasteiger partial charge in [0.2, 0.25) is 5.91 Å². The summed E-state index contributed by atoms with van der Waals surface area (Å²) in [6.07, 6.45) is 1.87. The molecule has 0 radical (unpaired) electrons. The lowest BCUT2D eigenvalue weighted by Gasteiger charge is -2.27. The summed E-state index contributed by atoms with van der Waals surface area (Å²) < 4.78 is 23.0. The monoisotopic (exact) mass is 299 g/mol. The topological polar surface area (TPSA) is 54.5 Å². The molecule has 0 saturated carbocycles. The minimum atomic E-state index is -3.20. The molecule has 2 rings (SSSR count). The number of hydrogen-bond acceptors (Lipinski definition) is 3. The molecule has 1 amide bonds. The Balaban J connectivity index is 2.35. The molecule has 1 aromatic carbocycles. The first-order valence-corrected chi connectivity index (χ1v) is 8.01. The average molecular weight is 300 g/mol. The molecule has 0 fully saturated rings. The van der Waals surface area contributed by atoms with E-state index in [1.807, 2.05) is 0 Å². The van der Waals surface area contributed by atoms with Gasteiger partial charge in [-0.15, -0.1) is 0 Å². The van der Waals surface area contributed by atoms with Gasteiger partial charge in [-0.1, -0.05) is 18.5 Å². The molecular weight excluding hydrogens is 286 g/mol. The van der Waals surface area contributed by atoms with Crippen LogP contribution in [0.4, 0.5) is 5.69 Å². The molecule has 6 heteroatoms. The van der Waals surface area contributed by atoms with Crippen molar-refractivity contribution >= 4 is 33.0 Å². The van der Waals surface area contributed by atoms with Crippen LogP contribution in [0.3, 0.4) is 0 Å². The van der Waals surface area contributed by atoms with Crippen molar-refractivity contribution in [2.75, 3.05) is 10.7 Å². The highest BCUT2D eigenvalue weighted by molar-refractivity contribution is 7.94. The van der Waals surface area contributed by atoms with Gasteiger partial charge in [0.1, 0.15) is 0 Å². The van der Waals surface area contributed by atoms with Crippen LogP contribution in [0.15, 0.2) is 35.7 Å². The number of carbonyl (C=O) groups excluding carboxylic acids is 1. The van der Waals surface area contributed by atoms with Crippen molar-refractivity contribution < 1.29 is 13.2 Å². The van der Waals surface area contributed by atoms with Crippen LogP contribution in [0, 0.1) is 0 Å². The van der Waals surface area contributed by atoms with Crippen LogP contribution in [0.25, 0.3) is 0 Å². The Kier molecular flexibility index (Phi) is 3.96. The van der Waals surface area contributed by atoms with Gasteiger partial charge in [-0.3, -0.25) is 4.79 Å². The van der Waals surface area contributed by atoms with E-state index in [1.165, 1.54) is 10.3 Å². The Bertz CT molecular complexity index is 607. The number of benzene rings is 1. The predicted octanol–water partition coefficient (Wildman–Crippen LogP) is 2.39. The number of halogens is 1. The van der Waals surface area contributed by atoms with Gasteiger partial charge in [0.05, 0.1) is 11.8 Å². The van der Waals surface area contributed by atoms with E-state index in [0.29, 0.717) is 17.1 Å². The second-order valence-corrected chi connectivity index (χ2v) is 6.69. The van der Waals surface area contributed by atoms with Gasteiger partial charge in [-0.25, -0.2) is 8.42 Å². The Morgan fingerprint density at radius 3 is 2.47 bits per heavy atom. The molecule has 1 heterocycles. The Morgan fingerprint density at radius 2 is 2.00 bits per heavy atom. The summed E-state index contributed by atoms with van der Waals surface area (Å²) in [5, 5.41) is 1.74. The first kappa shape index (κ1) is 14.1. The molecule has 0 aromatic heterocycles. The van der Waals surface area contributed by atoms with Gasteiger partial charge < -0.3 is 4.90 Å².